The lowest BCUT2D eigenvalue weighted by Gasteiger charge is -2.26. The monoisotopic (exact) mass is 361 g/mol. The molecule has 0 saturated heterocycles. The van der Waals surface area contributed by atoms with E-state index < -0.39 is 6.04 Å². The first-order valence-electron chi connectivity index (χ1n) is 9.59. The number of benzene rings is 1. The molecule has 2 amide bonds. The van der Waals surface area contributed by atoms with Crippen molar-refractivity contribution in [2.45, 2.75) is 64.3 Å². The maximum Gasteiger partial charge on any atom is 0.241 e. The highest BCUT2D eigenvalue weighted by Gasteiger charge is 2.26. The molecule has 2 rings (SSSR count). The standard InChI is InChI=1S/C20H31N3O3/c1-3-4-10-18(24)23-16-13-15(11-12-17(16)26-2)22-20(25)19(21)14-8-6-5-7-9-14/h11-14,19H,3-10,21H2,1-2H3,(H,22,25)(H,23,24)/t19-/m1/s1. The Morgan fingerprint density at radius 2 is 1.96 bits per heavy atom. The van der Waals surface area contributed by atoms with Gasteiger partial charge in [0.05, 0.1) is 18.8 Å². The second-order valence-corrected chi connectivity index (χ2v) is 6.98. The number of rotatable bonds is 8. The highest BCUT2D eigenvalue weighted by atomic mass is 16.5. The third-order valence-corrected chi connectivity index (χ3v) is 4.96. The van der Waals surface area contributed by atoms with Crippen LogP contribution in [0.1, 0.15) is 58.3 Å². The minimum Gasteiger partial charge on any atom is -0.495 e. The Balaban J connectivity index is 2.03. The van der Waals surface area contributed by atoms with Gasteiger partial charge < -0.3 is 21.1 Å². The number of hydrogen-bond donors (Lipinski definition) is 3. The molecule has 1 saturated carbocycles. The predicted octanol–water partition coefficient (Wildman–Crippen LogP) is 3.67. The number of hydrogen-bond acceptors (Lipinski definition) is 4. The molecule has 0 unspecified atom stereocenters. The average Bonchev–Trinajstić information content (AvgIpc) is 2.66. The van der Waals surface area contributed by atoms with Gasteiger partial charge in [-0.15, -0.1) is 0 Å². The Kier molecular flexibility index (Phi) is 7.91. The molecule has 1 aromatic carbocycles. The molecule has 0 heterocycles. The molecule has 0 radical (unpaired) electrons. The van der Waals surface area contributed by atoms with Crippen LogP contribution in [0.4, 0.5) is 11.4 Å². The number of methoxy groups -OCH3 is 1. The van der Waals surface area contributed by atoms with Gasteiger partial charge in [-0.3, -0.25) is 9.59 Å². The number of anilines is 2. The number of ether oxygens (including phenoxy) is 1. The van der Waals surface area contributed by atoms with E-state index in [0.717, 1.165) is 38.5 Å². The van der Waals surface area contributed by atoms with E-state index in [4.69, 9.17) is 10.5 Å². The highest BCUT2D eigenvalue weighted by Crippen LogP contribution is 2.29. The molecule has 1 fully saturated rings. The number of carbonyl (C=O) groups is 2. The van der Waals surface area contributed by atoms with Gasteiger partial charge in [0.2, 0.25) is 11.8 Å². The first-order valence-corrected chi connectivity index (χ1v) is 9.59. The summed E-state index contributed by atoms with van der Waals surface area (Å²) in [6.07, 6.45) is 7.78. The van der Waals surface area contributed by atoms with Crippen LogP contribution in [0.3, 0.4) is 0 Å². The van der Waals surface area contributed by atoms with Gasteiger partial charge in [-0.25, -0.2) is 0 Å². The lowest BCUT2D eigenvalue weighted by molar-refractivity contribution is -0.119. The lowest BCUT2D eigenvalue weighted by Crippen LogP contribution is -2.42. The predicted molar refractivity (Wildman–Crippen MR) is 104 cm³/mol. The summed E-state index contributed by atoms with van der Waals surface area (Å²) in [6.45, 7) is 2.04. The van der Waals surface area contributed by atoms with Gasteiger partial charge in [-0.1, -0.05) is 32.6 Å². The van der Waals surface area contributed by atoms with Crippen molar-refractivity contribution in [3.05, 3.63) is 18.2 Å². The van der Waals surface area contributed by atoms with Gasteiger partial charge >= 0.3 is 0 Å². The van der Waals surface area contributed by atoms with Crippen molar-refractivity contribution in [2.24, 2.45) is 11.7 Å². The first-order chi connectivity index (χ1) is 12.5. The average molecular weight is 361 g/mol. The van der Waals surface area contributed by atoms with Crippen LogP contribution in [0, 0.1) is 5.92 Å². The van der Waals surface area contributed by atoms with Crippen molar-refractivity contribution >= 4 is 23.2 Å². The normalized spacial score (nSPS) is 16.0. The van der Waals surface area contributed by atoms with Crippen LogP contribution < -0.4 is 21.1 Å². The van der Waals surface area contributed by atoms with Crippen molar-refractivity contribution in [3.63, 3.8) is 0 Å². The SMILES string of the molecule is CCCCC(=O)Nc1cc(NC(=O)[C@H](N)C2CCCCC2)ccc1OC. The van der Waals surface area contributed by atoms with Crippen LogP contribution in [0.25, 0.3) is 0 Å². The van der Waals surface area contributed by atoms with Gasteiger partial charge in [-0.2, -0.15) is 0 Å². The van der Waals surface area contributed by atoms with E-state index >= 15 is 0 Å². The molecule has 0 aromatic heterocycles. The van der Waals surface area contributed by atoms with Gasteiger partial charge in [0, 0.05) is 12.1 Å². The molecule has 6 nitrogen and oxygen atoms in total. The number of unbranched alkanes of at least 4 members (excludes halogenated alkanes) is 1. The molecule has 6 heteroatoms. The fourth-order valence-corrected chi connectivity index (χ4v) is 3.37. The summed E-state index contributed by atoms with van der Waals surface area (Å²) >= 11 is 0. The molecule has 1 atom stereocenters. The Bertz CT molecular complexity index is 612. The maximum absolute atomic E-state index is 12.5. The summed E-state index contributed by atoms with van der Waals surface area (Å²) in [5.74, 6) is 0.567. The molecular weight excluding hydrogens is 330 g/mol. The van der Waals surface area contributed by atoms with E-state index in [1.165, 1.54) is 6.42 Å². The Morgan fingerprint density at radius 1 is 1.23 bits per heavy atom. The van der Waals surface area contributed by atoms with Crippen molar-refractivity contribution in [3.8, 4) is 5.75 Å². The Morgan fingerprint density at radius 3 is 2.62 bits per heavy atom. The number of carbonyl (C=O) groups excluding carboxylic acids is 2. The Labute approximate surface area is 155 Å². The second kappa shape index (κ2) is 10.2. The minimum atomic E-state index is -0.500. The smallest absolute Gasteiger partial charge is 0.241 e. The van der Waals surface area contributed by atoms with Crippen LogP contribution in [-0.2, 0) is 9.59 Å². The van der Waals surface area contributed by atoms with Crippen LogP contribution in [-0.4, -0.2) is 25.0 Å². The maximum atomic E-state index is 12.5. The molecular formula is C20H31N3O3. The van der Waals surface area contributed by atoms with Crippen molar-refractivity contribution in [1.29, 1.82) is 0 Å². The summed E-state index contributed by atoms with van der Waals surface area (Å²) < 4.78 is 5.30. The summed E-state index contributed by atoms with van der Waals surface area (Å²) in [5.41, 5.74) is 7.32. The molecule has 0 bridgehead atoms. The molecule has 144 valence electrons. The van der Waals surface area contributed by atoms with E-state index in [1.807, 2.05) is 6.92 Å². The van der Waals surface area contributed by atoms with E-state index in [2.05, 4.69) is 10.6 Å². The van der Waals surface area contributed by atoms with Crippen LogP contribution in [0.2, 0.25) is 0 Å². The fraction of sp³-hybridized carbons (Fsp3) is 0.600. The molecule has 1 aromatic rings. The summed E-state index contributed by atoms with van der Waals surface area (Å²) in [6, 6.07) is 4.71. The molecule has 1 aliphatic carbocycles. The van der Waals surface area contributed by atoms with Gasteiger partial charge in [0.15, 0.2) is 0 Å². The summed E-state index contributed by atoms with van der Waals surface area (Å²) in [7, 11) is 1.55. The van der Waals surface area contributed by atoms with E-state index in [-0.39, 0.29) is 17.7 Å². The molecule has 26 heavy (non-hydrogen) atoms. The third kappa shape index (κ3) is 5.73. The largest absolute Gasteiger partial charge is 0.495 e. The minimum absolute atomic E-state index is 0.0625. The van der Waals surface area contributed by atoms with Gasteiger partial charge in [0.25, 0.3) is 0 Å². The van der Waals surface area contributed by atoms with Crippen LogP contribution >= 0.6 is 0 Å². The second-order valence-electron chi connectivity index (χ2n) is 6.98. The van der Waals surface area contributed by atoms with E-state index in [1.54, 1.807) is 25.3 Å². The topological polar surface area (TPSA) is 93.5 Å². The fourth-order valence-electron chi connectivity index (χ4n) is 3.37. The summed E-state index contributed by atoms with van der Waals surface area (Å²) in [5, 5.41) is 5.73. The zero-order valence-electron chi connectivity index (χ0n) is 15.8. The van der Waals surface area contributed by atoms with Crippen molar-refractivity contribution < 1.29 is 14.3 Å². The number of nitrogens with two attached hydrogens (primary N) is 1. The van der Waals surface area contributed by atoms with Crippen LogP contribution in [0.5, 0.6) is 5.75 Å². The molecule has 0 spiro atoms. The van der Waals surface area contributed by atoms with Crippen LogP contribution in [0.15, 0.2) is 18.2 Å². The molecule has 1 aliphatic rings. The summed E-state index contributed by atoms with van der Waals surface area (Å²) in [4.78, 5) is 24.5. The zero-order chi connectivity index (χ0) is 18.9. The Hall–Kier alpha value is -2.08. The molecule has 0 aliphatic heterocycles. The van der Waals surface area contributed by atoms with Gasteiger partial charge in [0.1, 0.15) is 5.75 Å². The van der Waals surface area contributed by atoms with E-state index in [0.29, 0.717) is 23.5 Å². The van der Waals surface area contributed by atoms with Crippen molar-refractivity contribution in [1.82, 2.24) is 0 Å². The molecule has 4 N–H and O–H groups in total. The third-order valence-electron chi connectivity index (χ3n) is 4.96. The zero-order valence-corrected chi connectivity index (χ0v) is 15.8. The quantitative estimate of drug-likeness (QED) is 0.658. The van der Waals surface area contributed by atoms with Crippen molar-refractivity contribution in [2.75, 3.05) is 17.7 Å². The number of amides is 2. The first kappa shape index (κ1) is 20.2. The van der Waals surface area contributed by atoms with Gasteiger partial charge in [-0.05, 0) is 43.4 Å². The number of nitrogens with one attached hydrogen (secondary N) is 2. The van der Waals surface area contributed by atoms with E-state index in [9.17, 15) is 9.59 Å². The lowest BCUT2D eigenvalue weighted by atomic mass is 9.84. The highest BCUT2D eigenvalue weighted by molar-refractivity contribution is 5.97.